The van der Waals surface area contributed by atoms with E-state index in [0.29, 0.717) is 46.8 Å². The highest BCUT2D eigenvalue weighted by Gasteiger charge is 2.23. The maximum absolute atomic E-state index is 11.4. The first-order valence-electron chi connectivity index (χ1n) is 10.3. The Morgan fingerprint density at radius 2 is 1.81 bits per heavy atom. The van der Waals surface area contributed by atoms with Crippen molar-refractivity contribution in [2.45, 2.75) is 39.5 Å². The van der Waals surface area contributed by atoms with Crippen molar-refractivity contribution < 1.29 is 24.1 Å². The quantitative estimate of drug-likeness (QED) is 0.317. The van der Waals surface area contributed by atoms with E-state index in [-0.39, 0.29) is 17.8 Å². The van der Waals surface area contributed by atoms with Crippen LogP contribution in [-0.4, -0.2) is 46.4 Å². The van der Waals surface area contributed by atoms with Gasteiger partial charge >= 0.3 is 5.97 Å². The summed E-state index contributed by atoms with van der Waals surface area (Å²) in [4.78, 5) is 12.8. The standard InChI is InChI=1S/C24H29N3O5/c1-15(2)23(29)32-11-7-10-31-16-8-9-19-20(13-16)26-27(25-19)21-14-17(30-6)12-18(22(21)28)24(3,4)5/h8-9,12-14,28H,1,7,10-11H2,2-6H3. The molecule has 0 amide bonds. The number of fused-ring (bicyclic) bond motifs is 1. The molecule has 0 fully saturated rings. The number of aromatic nitrogens is 3. The molecule has 32 heavy (non-hydrogen) atoms. The third-order valence-corrected chi connectivity index (χ3v) is 4.81. The lowest BCUT2D eigenvalue weighted by atomic mass is 9.86. The Morgan fingerprint density at radius 1 is 1.09 bits per heavy atom. The van der Waals surface area contributed by atoms with Crippen molar-refractivity contribution in [3.05, 3.63) is 48.0 Å². The predicted molar refractivity (Wildman–Crippen MR) is 122 cm³/mol. The predicted octanol–water partition coefficient (Wildman–Crippen LogP) is 4.32. The number of ether oxygens (including phenoxy) is 3. The summed E-state index contributed by atoms with van der Waals surface area (Å²) < 4.78 is 16.2. The number of rotatable bonds is 8. The van der Waals surface area contributed by atoms with Gasteiger partial charge in [0.15, 0.2) is 0 Å². The Hall–Kier alpha value is -3.55. The van der Waals surface area contributed by atoms with Crippen LogP contribution >= 0.6 is 0 Å². The molecule has 2 aromatic carbocycles. The average molecular weight is 440 g/mol. The van der Waals surface area contributed by atoms with Crippen LogP contribution in [0, 0.1) is 0 Å². The van der Waals surface area contributed by atoms with Crippen molar-refractivity contribution in [3.8, 4) is 22.9 Å². The highest BCUT2D eigenvalue weighted by Crippen LogP contribution is 2.38. The number of carbonyl (C=O) groups excluding carboxylic acids is 1. The Bertz CT molecular complexity index is 1140. The summed E-state index contributed by atoms with van der Waals surface area (Å²) in [5.41, 5.74) is 2.54. The maximum Gasteiger partial charge on any atom is 0.333 e. The summed E-state index contributed by atoms with van der Waals surface area (Å²) in [5, 5.41) is 19.9. The van der Waals surface area contributed by atoms with Crippen LogP contribution in [0.5, 0.6) is 17.2 Å². The van der Waals surface area contributed by atoms with Gasteiger partial charge in [0.2, 0.25) is 0 Å². The first kappa shape index (κ1) is 23.1. The zero-order chi connectivity index (χ0) is 23.5. The van der Waals surface area contributed by atoms with E-state index >= 15 is 0 Å². The monoisotopic (exact) mass is 439 g/mol. The van der Waals surface area contributed by atoms with Crippen molar-refractivity contribution in [2.24, 2.45) is 0 Å². The first-order valence-corrected chi connectivity index (χ1v) is 10.3. The van der Waals surface area contributed by atoms with Crippen LogP contribution in [0.4, 0.5) is 0 Å². The Labute approximate surface area is 187 Å². The van der Waals surface area contributed by atoms with Gasteiger partial charge in [0.25, 0.3) is 0 Å². The molecule has 170 valence electrons. The highest BCUT2D eigenvalue weighted by molar-refractivity contribution is 5.86. The molecule has 1 N–H and O–H groups in total. The topological polar surface area (TPSA) is 95.7 Å². The lowest BCUT2D eigenvalue weighted by Crippen LogP contribution is -2.13. The SMILES string of the molecule is C=C(C)C(=O)OCCCOc1ccc2nn(-c3cc(OC)cc(C(C)(C)C)c3O)nc2c1. The van der Waals surface area contributed by atoms with Gasteiger partial charge in [0.05, 0.1) is 20.3 Å². The van der Waals surface area contributed by atoms with Crippen LogP contribution in [0.25, 0.3) is 16.7 Å². The molecule has 0 atom stereocenters. The minimum Gasteiger partial charge on any atom is -0.505 e. The van der Waals surface area contributed by atoms with E-state index < -0.39 is 5.97 Å². The van der Waals surface area contributed by atoms with Gasteiger partial charge in [-0.05, 0) is 30.5 Å². The molecule has 3 aromatic rings. The fourth-order valence-corrected chi connectivity index (χ4v) is 3.06. The van der Waals surface area contributed by atoms with Gasteiger partial charge in [-0.25, -0.2) is 4.79 Å². The van der Waals surface area contributed by atoms with Crippen molar-refractivity contribution in [1.29, 1.82) is 0 Å². The van der Waals surface area contributed by atoms with Crippen LogP contribution < -0.4 is 9.47 Å². The number of phenolic OH excluding ortho intramolecular Hbond substituents is 1. The average Bonchev–Trinajstić information content (AvgIpc) is 3.15. The smallest absolute Gasteiger partial charge is 0.333 e. The molecule has 0 saturated heterocycles. The number of nitrogens with zero attached hydrogens (tertiary/aromatic N) is 3. The molecule has 0 unspecified atom stereocenters. The fraction of sp³-hybridized carbons (Fsp3) is 0.375. The summed E-state index contributed by atoms with van der Waals surface area (Å²) in [6, 6.07) is 8.90. The Morgan fingerprint density at radius 3 is 2.47 bits per heavy atom. The van der Waals surface area contributed by atoms with E-state index in [1.165, 1.54) is 4.80 Å². The van der Waals surface area contributed by atoms with Crippen molar-refractivity contribution in [2.75, 3.05) is 20.3 Å². The van der Waals surface area contributed by atoms with Crippen LogP contribution in [0.3, 0.4) is 0 Å². The highest BCUT2D eigenvalue weighted by atomic mass is 16.5. The molecule has 1 heterocycles. The van der Waals surface area contributed by atoms with Gasteiger partial charge in [0, 0.05) is 29.7 Å². The van der Waals surface area contributed by atoms with Crippen LogP contribution in [0.15, 0.2) is 42.5 Å². The molecule has 0 saturated carbocycles. The summed E-state index contributed by atoms with van der Waals surface area (Å²) in [6.07, 6.45) is 0.553. The molecule has 0 spiro atoms. The third kappa shape index (κ3) is 5.19. The molecule has 0 bridgehead atoms. The molecule has 0 aliphatic heterocycles. The number of aromatic hydroxyl groups is 1. The maximum atomic E-state index is 11.4. The number of hydrogen-bond acceptors (Lipinski definition) is 7. The van der Waals surface area contributed by atoms with Crippen molar-refractivity contribution >= 4 is 17.0 Å². The van der Waals surface area contributed by atoms with E-state index in [9.17, 15) is 9.90 Å². The first-order chi connectivity index (χ1) is 15.1. The molecule has 0 radical (unpaired) electrons. The molecule has 0 aliphatic carbocycles. The van der Waals surface area contributed by atoms with E-state index in [0.717, 1.165) is 5.56 Å². The van der Waals surface area contributed by atoms with E-state index in [1.54, 1.807) is 38.3 Å². The second-order valence-corrected chi connectivity index (χ2v) is 8.55. The summed E-state index contributed by atoms with van der Waals surface area (Å²) in [6.45, 7) is 11.8. The fourth-order valence-electron chi connectivity index (χ4n) is 3.06. The van der Waals surface area contributed by atoms with Crippen molar-refractivity contribution in [1.82, 2.24) is 15.0 Å². The minimum atomic E-state index is -0.404. The van der Waals surface area contributed by atoms with E-state index in [1.807, 2.05) is 26.8 Å². The molecule has 8 heteroatoms. The number of methoxy groups -OCH3 is 1. The molecule has 1 aromatic heterocycles. The van der Waals surface area contributed by atoms with Crippen LogP contribution in [0.2, 0.25) is 0 Å². The van der Waals surface area contributed by atoms with E-state index in [2.05, 4.69) is 16.8 Å². The van der Waals surface area contributed by atoms with Crippen molar-refractivity contribution in [3.63, 3.8) is 0 Å². The largest absolute Gasteiger partial charge is 0.505 e. The number of esters is 1. The second-order valence-electron chi connectivity index (χ2n) is 8.55. The summed E-state index contributed by atoms with van der Waals surface area (Å²) in [7, 11) is 1.58. The zero-order valence-corrected chi connectivity index (χ0v) is 19.1. The van der Waals surface area contributed by atoms with Crippen LogP contribution in [0.1, 0.15) is 39.7 Å². The minimum absolute atomic E-state index is 0.111. The van der Waals surface area contributed by atoms with Crippen LogP contribution in [-0.2, 0) is 14.9 Å². The second kappa shape index (κ2) is 9.30. The molecule has 3 rings (SSSR count). The summed E-state index contributed by atoms with van der Waals surface area (Å²) in [5.74, 6) is 0.944. The number of benzene rings is 2. The third-order valence-electron chi connectivity index (χ3n) is 4.81. The van der Waals surface area contributed by atoms with Gasteiger partial charge in [-0.2, -0.15) is 0 Å². The molecular weight excluding hydrogens is 410 g/mol. The van der Waals surface area contributed by atoms with Gasteiger partial charge in [0.1, 0.15) is 34.0 Å². The number of phenols is 1. The van der Waals surface area contributed by atoms with Gasteiger partial charge in [-0.3, -0.25) is 0 Å². The normalized spacial score (nSPS) is 11.4. The number of carbonyl (C=O) groups is 1. The summed E-state index contributed by atoms with van der Waals surface area (Å²) >= 11 is 0. The lowest BCUT2D eigenvalue weighted by molar-refractivity contribution is -0.139. The zero-order valence-electron chi connectivity index (χ0n) is 19.1. The van der Waals surface area contributed by atoms with Gasteiger partial charge in [-0.15, -0.1) is 15.0 Å². The molecular formula is C24H29N3O5. The number of hydrogen-bond donors (Lipinski definition) is 1. The molecule has 8 nitrogen and oxygen atoms in total. The molecule has 0 aliphatic rings. The Balaban J connectivity index is 1.78. The van der Waals surface area contributed by atoms with Gasteiger partial charge < -0.3 is 19.3 Å². The van der Waals surface area contributed by atoms with Gasteiger partial charge in [-0.1, -0.05) is 27.4 Å². The lowest BCUT2D eigenvalue weighted by Gasteiger charge is -2.22. The Kier molecular flexibility index (Phi) is 6.72. The van der Waals surface area contributed by atoms with E-state index in [4.69, 9.17) is 14.2 Å².